The second kappa shape index (κ2) is 4.85. The summed E-state index contributed by atoms with van der Waals surface area (Å²) in [6.07, 6.45) is -0.0833. The number of carbonyl (C=O) groups is 2. The number of nitrogens with zero attached hydrogens (tertiary/aromatic N) is 3. The zero-order chi connectivity index (χ0) is 14.2. The van der Waals surface area contributed by atoms with Crippen LogP contribution in [0.1, 0.15) is 12.0 Å². The lowest BCUT2D eigenvalue weighted by Crippen LogP contribution is -2.27. The molecule has 0 saturated carbocycles. The van der Waals surface area contributed by atoms with Crippen molar-refractivity contribution in [3.63, 3.8) is 0 Å². The van der Waals surface area contributed by atoms with Crippen LogP contribution in [0.15, 0.2) is 10.7 Å². The molecule has 1 unspecified atom stereocenters. The van der Waals surface area contributed by atoms with Gasteiger partial charge in [0.2, 0.25) is 5.91 Å². The van der Waals surface area contributed by atoms with Crippen molar-refractivity contribution in [3.8, 4) is 6.07 Å². The maximum Gasteiger partial charge on any atom is 0.308 e. The third-order valence-electron chi connectivity index (χ3n) is 2.85. The average molecular weight is 325 g/mol. The van der Waals surface area contributed by atoms with Gasteiger partial charge in [-0.2, -0.15) is 5.26 Å². The molecule has 7 nitrogen and oxygen atoms in total. The number of nitrogens with two attached hydrogens (primary N) is 1. The Kier molecular flexibility index (Phi) is 3.40. The maximum absolute atomic E-state index is 11.9. The van der Waals surface area contributed by atoms with E-state index in [9.17, 15) is 9.59 Å². The van der Waals surface area contributed by atoms with Crippen molar-refractivity contribution >= 4 is 39.3 Å². The van der Waals surface area contributed by atoms with Crippen LogP contribution in [0.2, 0.25) is 0 Å². The fourth-order valence-corrected chi connectivity index (χ4v) is 2.44. The van der Waals surface area contributed by atoms with Crippen molar-refractivity contribution in [3.05, 3.63) is 16.2 Å². The van der Waals surface area contributed by atoms with Gasteiger partial charge in [0.1, 0.15) is 22.1 Å². The molecule has 1 atom stereocenters. The second-order valence-corrected chi connectivity index (χ2v) is 4.84. The number of carboxylic acids is 1. The minimum absolute atomic E-state index is 0.0265. The SMILES string of the molecule is N#Cc1c(N2CC(C(=O)O)CC2=O)cc(N)nc1Br. The third kappa shape index (κ3) is 2.37. The van der Waals surface area contributed by atoms with Gasteiger partial charge >= 0.3 is 5.97 Å². The van der Waals surface area contributed by atoms with Gasteiger partial charge in [0.15, 0.2) is 0 Å². The Hall–Kier alpha value is -2.14. The van der Waals surface area contributed by atoms with Crippen LogP contribution in [-0.4, -0.2) is 28.5 Å². The van der Waals surface area contributed by atoms with Crippen molar-refractivity contribution in [1.82, 2.24) is 4.98 Å². The number of pyridine rings is 1. The van der Waals surface area contributed by atoms with E-state index in [4.69, 9.17) is 16.1 Å². The lowest BCUT2D eigenvalue weighted by molar-refractivity contribution is -0.141. The number of aromatic nitrogens is 1. The van der Waals surface area contributed by atoms with Crippen LogP contribution in [0.25, 0.3) is 0 Å². The number of hydrogen-bond donors (Lipinski definition) is 2. The number of nitriles is 1. The number of amides is 1. The van der Waals surface area contributed by atoms with Gasteiger partial charge in [-0.25, -0.2) is 4.98 Å². The number of carboxylic acid groups (broad SMARTS) is 1. The zero-order valence-corrected chi connectivity index (χ0v) is 11.2. The van der Waals surface area contributed by atoms with Crippen LogP contribution in [0.4, 0.5) is 11.5 Å². The number of rotatable bonds is 2. The van der Waals surface area contributed by atoms with E-state index >= 15 is 0 Å². The summed E-state index contributed by atoms with van der Waals surface area (Å²) in [5.41, 5.74) is 6.03. The number of aliphatic carboxylic acids is 1. The van der Waals surface area contributed by atoms with Crippen molar-refractivity contribution < 1.29 is 14.7 Å². The molecule has 1 fully saturated rings. The molecule has 0 aromatic carbocycles. The molecule has 19 heavy (non-hydrogen) atoms. The molecule has 1 aliphatic rings. The quantitative estimate of drug-likeness (QED) is 0.774. The van der Waals surface area contributed by atoms with Gasteiger partial charge in [0.05, 0.1) is 11.6 Å². The Bertz CT molecular complexity index is 611. The molecule has 0 bridgehead atoms. The van der Waals surface area contributed by atoms with Crippen LogP contribution in [-0.2, 0) is 9.59 Å². The van der Waals surface area contributed by atoms with Crippen molar-refractivity contribution in [2.45, 2.75) is 6.42 Å². The van der Waals surface area contributed by atoms with E-state index in [0.29, 0.717) is 0 Å². The molecule has 1 saturated heterocycles. The van der Waals surface area contributed by atoms with Gasteiger partial charge in [0.25, 0.3) is 0 Å². The van der Waals surface area contributed by atoms with Crippen LogP contribution < -0.4 is 10.6 Å². The topological polar surface area (TPSA) is 120 Å². The predicted molar refractivity (Wildman–Crippen MR) is 69.2 cm³/mol. The fourth-order valence-electron chi connectivity index (χ4n) is 1.94. The smallest absolute Gasteiger partial charge is 0.308 e. The number of halogens is 1. The monoisotopic (exact) mass is 324 g/mol. The molecule has 1 amide bonds. The fraction of sp³-hybridized carbons (Fsp3) is 0.273. The molecular formula is C11H9BrN4O3. The summed E-state index contributed by atoms with van der Waals surface area (Å²) in [5.74, 6) is -2.00. The lowest BCUT2D eigenvalue weighted by atomic mass is 10.1. The summed E-state index contributed by atoms with van der Waals surface area (Å²) >= 11 is 3.10. The van der Waals surface area contributed by atoms with Crippen LogP contribution in [0.3, 0.4) is 0 Å². The lowest BCUT2D eigenvalue weighted by Gasteiger charge is -2.18. The van der Waals surface area contributed by atoms with E-state index in [1.165, 1.54) is 11.0 Å². The van der Waals surface area contributed by atoms with E-state index in [1.807, 2.05) is 6.07 Å². The molecule has 0 radical (unpaired) electrons. The van der Waals surface area contributed by atoms with Crippen LogP contribution in [0.5, 0.6) is 0 Å². The predicted octanol–water partition coefficient (Wildman–Crippen LogP) is 0.735. The molecular weight excluding hydrogens is 316 g/mol. The van der Waals surface area contributed by atoms with Gasteiger partial charge in [-0.05, 0) is 15.9 Å². The molecule has 2 heterocycles. The summed E-state index contributed by atoms with van der Waals surface area (Å²) in [6.45, 7) is 0.0265. The summed E-state index contributed by atoms with van der Waals surface area (Å²) in [5, 5.41) is 18.0. The van der Waals surface area contributed by atoms with E-state index in [2.05, 4.69) is 20.9 Å². The molecule has 0 aliphatic carbocycles. The molecule has 1 aliphatic heterocycles. The Morgan fingerprint density at radius 3 is 2.89 bits per heavy atom. The summed E-state index contributed by atoms with van der Waals surface area (Å²) in [4.78, 5) is 27.9. The highest BCUT2D eigenvalue weighted by Crippen LogP contribution is 2.32. The van der Waals surface area contributed by atoms with Crippen molar-refractivity contribution in [2.24, 2.45) is 5.92 Å². The van der Waals surface area contributed by atoms with Crippen molar-refractivity contribution in [1.29, 1.82) is 5.26 Å². The highest BCUT2D eigenvalue weighted by molar-refractivity contribution is 9.10. The molecule has 98 valence electrons. The Morgan fingerprint density at radius 1 is 1.68 bits per heavy atom. The first-order valence-corrected chi connectivity index (χ1v) is 6.12. The van der Waals surface area contributed by atoms with Gasteiger partial charge in [0, 0.05) is 19.0 Å². The van der Waals surface area contributed by atoms with Crippen molar-refractivity contribution in [2.75, 3.05) is 17.2 Å². The summed E-state index contributed by atoms with van der Waals surface area (Å²) in [6, 6.07) is 3.32. The third-order valence-corrected chi connectivity index (χ3v) is 3.42. The Balaban J connectivity index is 2.46. The number of anilines is 2. The maximum atomic E-state index is 11.9. The Labute approximate surface area is 116 Å². The van der Waals surface area contributed by atoms with Gasteiger partial charge < -0.3 is 15.7 Å². The normalized spacial score (nSPS) is 18.4. The first-order chi connectivity index (χ1) is 8.93. The van der Waals surface area contributed by atoms with Crippen LogP contribution in [0, 0.1) is 17.2 Å². The largest absolute Gasteiger partial charge is 0.481 e. The first-order valence-electron chi connectivity index (χ1n) is 5.33. The van der Waals surface area contributed by atoms with Gasteiger partial charge in [-0.1, -0.05) is 0 Å². The van der Waals surface area contributed by atoms with Crippen LogP contribution >= 0.6 is 15.9 Å². The molecule has 1 aromatic rings. The molecule has 1 aromatic heterocycles. The van der Waals surface area contributed by atoms with E-state index in [0.717, 1.165) is 0 Å². The molecule has 3 N–H and O–H groups in total. The van der Waals surface area contributed by atoms with E-state index in [-0.39, 0.29) is 40.5 Å². The average Bonchev–Trinajstić information content (AvgIpc) is 2.70. The Morgan fingerprint density at radius 2 is 2.37 bits per heavy atom. The molecule has 0 spiro atoms. The second-order valence-electron chi connectivity index (χ2n) is 4.09. The highest BCUT2D eigenvalue weighted by Gasteiger charge is 2.36. The molecule has 2 rings (SSSR count). The summed E-state index contributed by atoms with van der Waals surface area (Å²) < 4.78 is 0.233. The number of hydrogen-bond acceptors (Lipinski definition) is 5. The number of nitrogen functional groups attached to an aromatic ring is 1. The van der Waals surface area contributed by atoms with Gasteiger partial charge in [-0.15, -0.1) is 0 Å². The minimum atomic E-state index is -1.03. The van der Waals surface area contributed by atoms with E-state index in [1.54, 1.807) is 0 Å². The number of carbonyl (C=O) groups excluding carboxylic acids is 1. The standard InChI is InChI=1S/C11H9BrN4O3/c12-10-6(3-13)7(2-8(14)15-10)16-4-5(11(18)19)1-9(16)17/h2,5H,1,4H2,(H2,14,15)(H,18,19). The minimum Gasteiger partial charge on any atom is -0.481 e. The zero-order valence-electron chi connectivity index (χ0n) is 9.63. The summed E-state index contributed by atoms with van der Waals surface area (Å²) in [7, 11) is 0. The molecule has 8 heteroatoms. The first kappa shape index (κ1) is 13.3. The van der Waals surface area contributed by atoms with E-state index < -0.39 is 11.9 Å². The van der Waals surface area contributed by atoms with Gasteiger partial charge in [-0.3, -0.25) is 9.59 Å². The highest BCUT2D eigenvalue weighted by atomic mass is 79.9.